The van der Waals surface area contributed by atoms with Crippen LogP contribution in [0.2, 0.25) is 0 Å². The molecular formula is C8H13F6OP. The van der Waals surface area contributed by atoms with Crippen LogP contribution in [0.3, 0.4) is 0 Å². The Morgan fingerprint density at radius 1 is 1.06 bits per heavy atom. The fourth-order valence-corrected chi connectivity index (χ4v) is 1.57. The molecule has 0 aromatic rings. The number of alkyl halides is 6. The summed E-state index contributed by atoms with van der Waals surface area (Å²) in [7, 11) is 1.07. The number of halogens is 6. The lowest BCUT2D eigenvalue weighted by atomic mass is 9.89. The molecule has 1 nitrogen and oxygen atoms in total. The highest BCUT2D eigenvalue weighted by atomic mass is 31.0. The van der Waals surface area contributed by atoms with E-state index in [0.717, 1.165) is 9.47 Å². The van der Waals surface area contributed by atoms with Crippen LogP contribution in [0.4, 0.5) is 26.3 Å². The van der Waals surface area contributed by atoms with Crippen LogP contribution in [-0.2, 0) is 4.52 Å². The van der Waals surface area contributed by atoms with Gasteiger partial charge in [-0.3, -0.25) is 0 Å². The fourth-order valence-electron chi connectivity index (χ4n) is 1.21. The standard InChI is InChI=1S/C8H13F6OP/c1-3-5(2)4-6(15-16,7(9,10)11)8(12,13)14/h5H,3-4,16H2,1-2H3. The molecule has 16 heavy (non-hydrogen) atoms. The quantitative estimate of drug-likeness (QED) is 0.552. The molecule has 0 bridgehead atoms. The molecule has 2 unspecified atom stereocenters. The molecule has 0 saturated heterocycles. The molecule has 0 heterocycles. The monoisotopic (exact) mass is 270 g/mol. The summed E-state index contributed by atoms with van der Waals surface area (Å²) in [6.07, 6.45) is -11.9. The van der Waals surface area contributed by atoms with E-state index in [-0.39, 0.29) is 6.42 Å². The number of hydrogen-bond acceptors (Lipinski definition) is 1. The predicted octanol–water partition coefficient (Wildman–Crippen LogP) is 4.09. The first-order chi connectivity index (χ1) is 7.02. The minimum absolute atomic E-state index is 0.210. The first-order valence-electron chi connectivity index (χ1n) is 4.53. The van der Waals surface area contributed by atoms with Crippen molar-refractivity contribution in [1.82, 2.24) is 0 Å². The van der Waals surface area contributed by atoms with Crippen LogP contribution in [0.25, 0.3) is 0 Å². The summed E-state index contributed by atoms with van der Waals surface area (Å²) < 4.78 is 78.8. The van der Waals surface area contributed by atoms with Gasteiger partial charge < -0.3 is 4.52 Å². The van der Waals surface area contributed by atoms with Gasteiger partial charge in [-0.2, -0.15) is 26.3 Å². The second-order valence-electron chi connectivity index (χ2n) is 3.66. The Hall–Kier alpha value is -0.0300. The van der Waals surface area contributed by atoms with Crippen LogP contribution in [0.5, 0.6) is 0 Å². The van der Waals surface area contributed by atoms with Crippen LogP contribution in [0, 0.1) is 5.92 Å². The van der Waals surface area contributed by atoms with Crippen molar-refractivity contribution in [2.45, 2.75) is 44.6 Å². The fraction of sp³-hybridized carbons (Fsp3) is 1.00. The lowest BCUT2D eigenvalue weighted by Gasteiger charge is -2.37. The first-order valence-corrected chi connectivity index (χ1v) is 5.00. The lowest BCUT2D eigenvalue weighted by Crippen LogP contribution is -2.58. The van der Waals surface area contributed by atoms with Gasteiger partial charge in [0.15, 0.2) is 0 Å². The zero-order chi connectivity index (χ0) is 13.2. The summed E-state index contributed by atoms with van der Waals surface area (Å²) in [6.45, 7) is 2.83. The Balaban J connectivity index is 5.32. The van der Waals surface area contributed by atoms with Crippen molar-refractivity contribution in [3.05, 3.63) is 0 Å². The molecule has 0 aliphatic heterocycles. The van der Waals surface area contributed by atoms with E-state index in [1.54, 1.807) is 0 Å². The molecule has 0 fully saturated rings. The van der Waals surface area contributed by atoms with Crippen LogP contribution in [0.15, 0.2) is 0 Å². The van der Waals surface area contributed by atoms with Gasteiger partial charge in [-0.1, -0.05) is 20.3 Å². The first kappa shape index (κ1) is 16.0. The molecule has 0 amide bonds. The van der Waals surface area contributed by atoms with Crippen molar-refractivity contribution in [3.8, 4) is 0 Å². The summed E-state index contributed by atoms with van der Waals surface area (Å²) in [4.78, 5) is 0. The van der Waals surface area contributed by atoms with E-state index in [1.807, 2.05) is 0 Å². The maximum absolute atomic E-state index is 12.5. The van der Waals surface area contributed by atoms with E-state index >= 15 is 0 Å². The molecular weight excluding hydrogens is 257 g/mol. The molecule has 0 N–H and O–H groups in total. The molecule has 0 aliphatic carbocycles. The molecule has 0 saturated carbocycles. The Kier molecular flexibility index (Phi) is 5.08. The number of hydrogen-bond donors (Lipinski definition) is 0. The van der Waals surface area contributed by atoms with E-state index in [9.17, 15) is 26.3 Å². The maximum Gasteiger partial charge on any atom is 0.426 e. The van der Waals surface area contributed by atoms with Gasteiger partial charge in [-0.15, -0.1) is 0 Å². The molecule has 8 heteroatoms. The normalized spacial score (nSPS) is 16.3. The molecule has 2 atom stereocenters. The predicted molar refractivity (Wildman–Crippen MR) is 49.7 cm³/mol. The minimum atomic E-state index is -5.49. The highest BCUT2D eigenvalue weighted by molar-refractivity contribution is 7.09. The second-order valence-corrected chi connectivity index (χ2v) is 3.89. The summed E-state index contributed by atoms with van der Waals surface area (Å²) in [5, 5.41) is 0. The largest absolute Gasteiger partial charge is 0.426 e. The van der Waals surface area contributed by atoms with Crippen molar-refractivity contribution in [2.24, 2.45) is 5.92 Å². The molecule has 0 aromatic heterocycles. The van der Waals surface area contributed by atoms with Gasteiger partial charge in [-0.25, -0.2) is 0 Å². The zero-order valence-corrected chi connectivity index (χ0v) is 9.90. The Labute approximate surface area is 91.8 Å². The van der Waals surface area contributed by atoms with Gasteiger partial charge in [-0.05, 0) is 12.3 Å². The van der Waals surface area contributed by atoms with Crippen LogP contribution in [0.1, 0.15) is 26.7 Å². The van der Waals surface area contributed by atoms with Gasteiger partial charge in [0.05, 0.1) is 0 Å². The Morgan fingerprint density at radius 3 is 1.62 bits per heavy atom. The summed E-state index contributed by atoms with van der Waals surface area (Å²) in [5.74, 6) is -0.746. The SMILES string of the molecule is CCC(C)CC(OP)(C(F)(F)F)C(F)(F)F. The third-order valence-corrected chi connectivity index (χ3v) is 2.85. The van der Waals surface area contributed by atoms with Gasteiger partial charge in [0.1, 0.15) is 0 Å². The van der Waals surface area contributed by atoms with Crippen LogP contribution < -0.4 is 0 Å². The van der Waals surface area contributed by atoms with Crippen LogP contribution >= 0.6 is 9.47 Å². The van der Waals surface area contributed by atoms with E-state index < -0.39 is 30.3 Å². The Morgan fingerprint density at radius 2 is 1.44 bits per heavy atom. The summed E-state index contributed by atoms with van der Waals surface area (Å²) >= 11 is 0. The summed E-state index contributed by atoms with van der Waals surface area (Å²) in [6, 6.07) is 0. The highest BCUT2D eigenvalue weighted by Crippen LogP contribution is 2.50. The third kappa shape index (κ3) is 3.00. The maximum atomic E-state index is 12.5. The van der Waals surface area contributed by atoms with Gasteiger partial charge in [0.2, 0.25) is 0 Å². The van der Waals surface area contributed by atoms with E-state index in [4.69, 9.17) is 0 Å². The van der Waals surface area contributed by atoms with Crippen molar-refractivity contribution >= 4 is 9.47 Å². The Bertz CT molecular complexity index is 210. The molecule has 0 spiro atoms. The second kappa shape index (κ2) is 5.08. The highest BCUT2D eigenvalue weighted by Gasteiger charge is 2.71. The lowest BCUT2D eigenvalue weighted by molar-refractivity contribution is -0.359. The zero-order valence-electron chi connectivity index (χ0n) is 8.74. The molecule has 0 radical (unpaired) electrons. The van der Waals surface area contributed by atoms with Gasteiger partial charge >= 0.3 is 12.4 Å². The van der Waals surface area contributed by atoms with Crippen molar-refractivity contribution in [1.29, 1.82) is 0 Å². The topological polar surface area (TPSA) is 9.23 Å². The number of rotatable bonds is 4. The summed E-state index contributed by atoms with van der Waals surface area (Å²) in [5.41, 5.74) is -4.10. The van der Waals surface area contributed by atoms with E-state index in [1.165, 1.54) is 13.8 Å². The minimum Gasteiger partial charge on any atom is -0.342 e. The smallest absolute Gasteiger partial charge is 0.342 e. The van der Waals surface area contributed by atoms with Crippen LogP contribution in [-0.4, -0.2) is 18.0 Å². The molecule has 0 aromatic carbocycles. The molecule has 98 valence electrons. The van der Waals surface area contributed by atoms with Crippen molar-refractivity contribution < 1.29 is 30.9 Å². The van der Waals surface area contributed by atoms with E-state index in [2.05, 4.69) is 4.52 Å². The van der Waals surface area contributed by atoms with Crippen molar-refractivity contribution in [3.63, 3.8) is 0 Å². The third-order valence-electron chi connectivity index (χ3n) is 2.45. The van der Waals surface area contributed by atoms with E-state index in [0.29, 0.717) is 0 Å². The molecule has 0 aliphatic rings. The van der Waals surface area contributed by atoms with Gasteiger partial charge in [0, 0.05) is 9.47 Å². The average Bonchev–Trinajstić information content (AvgIpc) is 2.09. The molecule has 0 rings (SSSR count). The van der Waals surface area contributed by atoms with Gasteiger partial charge in [0.25, 0.3) is 5.60 Å². The average molecular weight is 270 g/mol. The van der Waals surface area contributed by atoms with Crippen molar-refractivity contribution in [2.75, 3.05) is 0 Å².